The van der Waals surface area contributed by atoms with Gasteiger partial charge in [0.05, 0.1) is 9.88 Å². The van der Waals surface area contributed by atoms with Gasteiger partial charge in [-0.2, -0.15) is 4.31 Å². The molecule has 0 atom stereocenters. The van der Waals surface area contributed by atoms with E-state index >= 15 is 0 Å². The maximum absolute atomic E-state index is 12.5. The van der Waals surface area contributed by atoms with Crippen LogP contribution in [0.25, 0.3) is 0 Å². The number of benzene rings is 1. The van der Waals surface area contributed by atoms with Gasteiger partial charge in [-0.25, -0.2) is 8.42 Å². The molecule has 1 aromatic rings. The highest BCUT2D eigenvalue weighted by Gasteiger charge is 2.26. The minimum Gasteiger partial charge on any atom is -0.393 e. The third kappa shape index (κ3) is 4.26. The number of sulfonamides is 1. The van der Waals surface area contributed by atoms with Gasteiger partial charge in [-0.05, 0) is 32.9 Å². The Morgan fingerprint density at radius 2 is 1.84 bits per heavy atom. The zero-order chi connectivity index (χ0) is 14.6. The Morgan fingerprint density at radius 1 is 1.32 bits per heavy atom. The lowest BCUT2D eigenvalue weighted by Gasteiger charge is -2.25. The van der Waals surface area contributed by atoms with Crippen molar-refractivity contribution in [2.45, 2.75) is 38.1 Å². The number of rotatable bonds is 6. The van der Waals surface area contributed by atoms with Gasteiger partial charge in [0.15, 0.2) is 0 Å². The molecule has 19 heavy (non-hydrogen) atoms. The third-order valence-electron chi connectivity index (χ3n) is 2.78. The highest BCUT2D eigenvalue weighted by molar-refractivity contribution is 7.89. The van der Waals surface area contributed by atoms with Crippen LogP contribution in [0.5, 0.6) is 0 Å². The summed E-state index contributed by atoms with van der Waals surface area (Å²) >= 11 is 4.81. The Labute approximate surface area is 120 Å². The van der Waals surface area contributed by atoms with Crippen LogP contribution >= 0.6 is 12.2 Å². The number of hydrogen-bond donors (Lipinski definition) is 1. The molecule has 106 valence electrons. The molecule has 1 aromatic carbocycles. The monoisotopic (exact) mass is 300 g/mol. The second-order valence-electron chi connectivity index (χ2n) is 4.74. The molecule has 6 heteroatoms. The smallest absolute Gasteiger partial charge is 0.243 e. The number of hydrogen-bond acceptors (Lipinski definition) is 3. The van der Waals surface area contributed by atoms with E-state index in [2.05, 4.69) is 0 Å². The summed E-state index contributed by atoms with van der Waals surface area (Å²) in [4.78, 5) is 0.625. The number of nitrogens with zero attached hydrogens (tertiary/aromatic N) is 1. The van der Waals surface area contributed by atoms with Gasteiger partial charge in [-0.15, -0.1) is 0 Å². The van der Waals surface area contributed by atoms with Gasteiger partial charge in [0.25, 0.3) is 0 Å². The van der Waals surface area contributed by atoms with Crippen LogP contribution in [0.4, 0.5) is 0 Å². The Hall–Kier alpha value is -0.980. The van der Waals surface area contributed by atoms with Crippen molar-refractivity contribution in [2.75, 3.05) is 6.54 Å². The molecule has 0 aliphatic carbocycles. The molecule has 0 fully saturated rings. The molecule has 0 saturated heterocycles. The van der Waals surface area contributed by atoms with Gasteiger partial charge in [0, 0.05) is 19.0 Å². The summed E-state index contributed by atoms with van der Waals surface area (Å²) in [6.07, 6.45) is 0.388. The average molecular weight is 300 g/mol. The Balaban J connectivity index is 3.05. The van der Waals surface area contributed by atoms with E-state index in [0.717, 1.165) is 5.56 Å². The molecule has 0 bridgehead atoms. The first-order valence-electron chi connectivity index (χ1n) is 6.12. The van der Waals surface area contributed by atoms with Gasteiger partial charge < -0.3 is 5.73 Å². The van der Waals surface area contributed by atoms with E-state index in [1.54, 1.807) is 24.3 Å². The number of thiocarbonyl (C=S) groups is 1. The SMILES string of the molecule is Cc1ccc(S(=O)(=O)N(CCC(N)=S)C(C)C)cc1. The molecule has 0 spiro atoms. The predicted octanol–water partition coefficient (Wildman–Crippen LogP) is 2.07. The van der Waals surface area contributed by atoms with Crippen LogP contribution in [0, 0.1) is 6.92 Å². The fraction of sp³-hybridized carbons (Fsp3) is 0.462. The van der Waals surface area contributed by atoms with Crippen molar-refractivity contribution in [1.29, 1.82) is 0 Å². The zero-order valence-electron chi connectivity index (χ0n) is 11.5. The first kappa shape index (κ1) is 16.1. The third-order valence-corrected chi connectivity index (χ3v) is 5.08. The van der Waals surface area contributed by atoms with Crippen LogP contribution in [0.2, 0.25) is 0 Å². The van der Waals surface area contributed by atoms with E-state index < -0.39 is 10.0 Å². The average Bonchev–Trinajstić information content (AvgIpc) is 2.28. The summed E-state index contributed by atoms with van der Waals surface area (Å²) in [6.45, 7) is 5.91. The summed E-state index contributed by atoms with van der Waals surface area (Å²) < 4.78 is 26.5. The normalized spacial score (nSPS) is 12.1. The molecule has 0 aromatic heterocycles. The first-order chi connectivity index (χ1) is 8.75. The van der Waals surface area contributed by atoms with E-state index in [4.69, 9.17) is 18.0 Å². The van der Waals surface area contributed by atoms with Crippen molar-refractivity contribution >= 4 is 27.2 Å². The standard InChI is InChI=1S/C13H20N2O2S2/c1-10(2)15(9-8-13(14)18)19(16,17)12-6-4-11(3)5-7-12/h4-7,10H,8-9H2,1-3H3,(H2,14,18). The van der Waals surface area contributed by atoms with E-state index in [9.17, 15) is 8.42 Å². The quantitative estimate of drug-likeness (QED) is 0.817. The molecule has 0 aliphatic heterocycles. The van der Waals surface area contributed by atoms with Gasteiger partial charge in [-0.3, -0.25) is 0 Å². The minimum atomic E-state index is -3.49. The fourth-order valence-electron chi connectivity index (χ4n) is 1.72. The Morgan fingerprint density at radius 3 is 2.26 bits per heavy atom. The van der Waals surface area contributed by atoms with Gasteiger partial charge in [-0.1, -0.05) is 29.9 Å². The highest BCUT2D eigenvalue weighted by Crippen LogP contribution is 2.19. The molecule has 2 N–H and O–H groups in total. The molecule has 1 rings (SSSR count). The molecule has 0 heterocycles. The minimum absolute atomic E-state index is 0.138. The molecule has 0 amide bonds. The van der Waals surface area contributed by atoms with Crippen LogP contribution in [-0.4, -0.2) is 30.3 Å². The van der Waals surface area contributed by atoms with Crippen molar-refractivity contribution in [2.24, 2.45) is 5.73 Å². The van der Waals surface area contributed by atoms with Crippen molar-refractivity contribution in [3.05, 3.63) is 29.8 Å². The topological polar surface area (TPSA) is 63.4 Å². The number of aryl methyl sites for hydroxylation is 1. The predicted molar refractivity (Wildman–Crippen MR) is 81.6 cm³/mol. The summed E-state index contributed by atoms with van der Waals surface area (Å²) in [5.41, 5.74) is 6.48. The van der Waals surface area contributed by atoms with Crippen LogP contribution in [0.15, 0.2) is 29.2 Å². The van der Waals surface area contributed by atoms with Gasteiger partial charge >= 0.3 is 0 Å². The molecular weight excluding hydrogens is 280 g/mol. The lowest BCUT2D eigenvalue weighted by atomic mass is 10.2. The molecule has 4 nitrogen and oxygen atoms in total. The Kier molecular flexibility index (Phi) is 5.46. The molecule has 0 aliphatic rings. The molecule has 0 saturated carbocycles. The summed E-state index contributed by atoms with van der Waals surface area (Å²) in [6, 6.07) is 6.69. The second kappa shape index (κ2) is 6.45. The van der Waals surface area contributed by atoms with Crippen molar-refractivity contribution in [3.8, 4) is 0 Å². The Bertz CT molecular complexity index is 536. The van der Waals surface area contributed by atoms with E-state index in [-0.39, 0.29) is 6.04 Å². The fourth-order valence-corrected chi connectivity index (χ4v) is 3.45. The highest BCUT2D eigenvalue weighted by atomic mass is 32.2. The number of nitrogens with two attached hydrogens (primary N) is 1. The van der Waals surface area contributed by atoms with Crippen LogP contribution < -0.4 is 5.73 Å². The maximum atomic E-state index is 12.5. The van der Waals surface area contributed by atoms with E-state index in [1.165, 1.54) is 4.31 Å². The van der Waals surface area contributed by atoms with Crippen molar-refractivity contribution < 1.29 is 8.42 Å². The van der Waals surface area contributed by atoms with Gasteiger partial charge in [0.2, 0.25) is 10.0 Å². The summed E-state index contributed by atoms with van der Waals surface area (Å²) in [5.74, 6) is 0. The molecule has 0 radical (unpaired) electrons. The van der Waals surface area contributed by atoms with Crippen LogP contribution in [0.1, 0.15) is 25.8 Å². The first-order valence-corrected chi connectivity index (χ1v) is 7.97. The summed E-state index contributed by atoms with van der Waals surface area (Å²) in [5, 5.41) is 0. The molecule has 0 unspecified atom stereocenters. The van der Waals surface area contributed by atoms with Gasteiger partial charge in [0.1, 0.15) is 0 Å². The lowest BCUT2D eigenvalue weighted by molar-refractivity contribution is 0.362. The maximum Gasteiger partial charge on any atom is 0.243 e. The zero-order valence-corrected chi connectivity index (χ0v) is 13.1. The molecular formula is C13H20N2O2S2. The van der Waals surface area contributed by atoms with Crippen molar-refractivity contribution in [1.82, 2.24) is 4.31 Å². The summed E-state index contributed by atoms with van der Waals surface area (Å²) in [7, 11) is -3.49. The lowest BCUT2D eigenvalue weighted by Crippen LogP contribution is -2.38. The largest absolute Gasteiger partial charge is 0.393 e. The second-order valence-corrected chi connectivity index (χ2v) is 7.15. The van der Waals surface area contributed by atoms with E-state index in [1.807, 2.05) is 20.8 Å². The van der Waals surface area contributed by atoms with Crippen LogP contribution in [-0.2, 0) is 10.0 Å². The van der Waals surface area contributed by atoms with E-state index in [0.29, 0.717) is 22.8 Å². The van der Waals surface area contributed by atoms with Crippen molar-refractivity contribution in [3.63, 3.8) is 0 Å². The van der Waals surface area contributed by atoms with Crippen LogP contribution in [0.3, 0.4) is 0 Å².